The van der Waals surface area contributed by atoms with Gasteiger partial charge in [-0.3, -0.25) is 9.59 Å². The second-order valence-electron chi connectivity index (χ2n) is 10.5. The first-order valence-electron chi connectivity index (χ1n) is 11.8. The standard InChI is InChI=1S/C27H30ClF4NO3/c1-16(27(30,31)32)22(18-7-9-19(28)10-8-18)23(34)33-21-14-17(6-11-20(21)29)15-26(12-5-13-26)24(35)36-25(2,3)4/h6-11,14,16,22H,5,12-13,15H2,1-4H3,(H,33,34)/t16-,22+/m1/s1. The minimum Gasteiger partial charge on any atom is -0.460 e. The van der Waals surface area contributed by atoms with Gasteiger partial charge >= 0.3 is 12.1 Å². The van der Waals surface area contributed by atoms with Gasteiger partial charge < -0.3 is 10.1 Å². The smallest absolute Gasteiger partial charge is 0.392 e. The van der Waals surface area contributed by atoms with Crippen LogP contribution in [0.15, 0.2) is 42.5 Å². The van der Waals surface area contributed by atoms with Gasteiger partial charge in [0.05, 0.1) is 22.9 Å². The molecule has 0 bridgehead atoms. The fourth-order valence-electron chi connectivity index (χ4n) is 4.35. The van der Waals surface area contributed by atoms with Gasteiger partial charge in [-0.2, -0.15) is 13.2 Å². The van der Waals surface area contributed by atoms with E-state index in [0.29, 0.717) is 23.4 Å². The summed E-state index contributed by atoms with van der Waals surface area (Å²) in [4.78, 5) is 25.9. The molecule has 0 unspecified atom stereocenters. The Morgan fingerprint density at radius 2 is 1.69 bits per heavy atom. The summed E-state index contributed by atoms with van der Waals surface area (Å²) in [6.07, 6.45) is -2.32. The molecule has 2 aromatic carbocycles. The summed E-state index contributed by atoms with van der Waals surface area (Å²) in [5.74, 6) is -5.77. The minimum absolute atomic E-state index is 0.108. The first-order valence-corrected chi connectivity index (χ1v) is 12.1. The Bertz CT molecular complexity index is 1110. The predicted octanol–water partition coefficient (Wildman–Crippen LogP) is 7.45. The van der Waals surface area contributed by atoms with Gasteiger partial charge in [0.1, 0.15) is 11.4 Å². The van der Waals surface area contributed by atoms with Crippen molar-refractivity contribution in [3.8, 4) is 0 Å². The van der Waals surface area contributed by atoms with Gasteiger partial charge in [0.25, 0.3) is 0 Å². The SMILES string of the molecule is C[C@H]([C@H](C(=O)Nc1cc(CC2(C(=O)OC(C)(C)C)CCC2)ccc1F)c1ccc(Cl)cc1)C(F)(F)F. The highest BCUT2D eigenvalue weighted by Gasteiger charge is 2.47. The van der Waals surface area contributed by atoms with E-state index in [-0.39, 0.29) is 23.6 Å². The Morgan fingerprint density at radius 1 is 1.08 bits per heavy atom. The number of rotatable bonds is 7. The van der Waals surface area contributed by atoms with Crippen LogP contribution in [-0.2, 0) is 20.7 Å². The maximum absolute atomic E-state index is 14.6. The van der Waals surface area contributed by atoms with Crippen LogP contribution in [0.5, 0.6) is 0 Å². The van der Waals surface area contributed by atoms with Crippen molar-refractivity contribution >= 4 is 29.2 Å². The molecule has 1 fully saturated rings. The number of anilines is 1. The van der Waals surface area contributed by atoms with Gasteiger partial charge in [0, 0.05) is 5.02 Å². The highest BCUT2D eigenvalue weighted by Crippen LogP contribution is 2.46. The molecule has 1 aliphatic carbocycles. The third-order valence-corrected chi connectivity index (χ3v) is 6.75. The van der Waals surface area contributed by atoms with Crippen molar-refractivity contribution in [2.75, 3.05) is 5.32 Å². The van der Waals surface area contributed by atoms with Crippen LogP contribution in [0.3, 0.4) is 0 Å². The molecule has 1 aliphatic rings. The molecule has 1 saturated carbocycles. The molecule has 0 heterocycles. The van der Waals surface area contributed by atoms with Crippen LogP contribution >= 0.6 is 11.6 Å². The molecule has 2 aromatic rings. The highest BCUT2D eigenvalue weighted by molar-refractivity contribution is 6.30. The average molecular weight is 528 g/mol. The minimum atomic E-state index is -4.66. The first kappa shape index (κ1) is 28.0. The lowest BCUT2D eigenvalue weighted by Crippen LogP contribution is -2.44. The number of halogens is 5. The van der Waals surface area contributed by atoms with Gasteiger partial charge in [-0.05, 0) is 75.4 Å². The van der Waals surface area contributed by atoms with E-state index in [9.17, 15) is 27.2 Å². The van der Waals surface area contributed by atoms with Crippen molar-refractivity contribution < 1.29 is 31.9 Å². The zero-order valence-corrected chi connectivity index (χ0v) is 21.4. The fraction of sp³-hybridized carbons (Fsp3) is 0.481. The number of alkyl halides is 3. The van der Waals surface area contributed by atoms with Crippen LogP contribution in [0.25, 0.3) is 0 Å². The Hall–Kier alpha value is -2.61. The summed E-state index contributed by atoms with van der Waals surface area (Å²) in [5, 5.41) is 2.65. The number of carbonyl (C=O) groups excluding carboxylic acids is 2. The van der Waals surface area contributed by atoms with Gasteiger partial charge in [-0.1, -0.05) is 43.1 Å². The van der Waals surface area contributed by atoms with Crippen molar-refractivity contribution in [2.45, 2.75) is 71.1 Å². The van der Waals surface area contributed by atoms with Crippen molar-refractivity contribution in [3.05, 3.63) is 64.4 Å². The number of hydrogen-bond donors (Lipinski definition) is 1. The molecule has 0 radical (unpaired) electrons. The molecule has 0 saturated heterocycles. The van der Waals surface area contributed by atoms with E-state index in [4.69, 9.17) is 16.3 Å². The predicted molar refractivity (Wildman–Crippen MR) is 130 cm³/mol. The van der Waals surface area contributed by atoms with Crippen LogP contribution in [0, 0.1) is 17.2 Å². The average Bonchev–Trinajstić information content (AvgIpc) is 2.72. The van der Waals surface area contributed by atoms with Crippen LogP contribution in [0.4, 0.5) is 23.2 Å². The number of nitrogens with one attached hydrogen (secondary N) is 1. The number of carbonyl (C=O) groups is 2. The largest absolute Gasteiger partial charge is 0.460 e. The van der Waals surface area contributed by atoms with Crippen LogP contribution in [0.1, 0.15) is 64.0 Å². The normalized spacial score (nSPS) is 17.0. The second-order valence-corrected chi connectivity index (χ2v) is 10.9. The molecule has 4 nitrogen and oxygen atoms in total. The van der Waals surface area contributed by atoms with E-state index in [1.807, 2.05) is 0 Å². The lowest BCUT2D eigenvalue weighted by molar-refractivity contribution is -0.178. The number of amides is 1. The second kappa shape index (κ2) is 10.4. The Morgan fingerprint density at radius 3 is 2.19 bits per heavy atom. The summed E-state index contributed by atoms with van der Waals surface area (Å²) >= 11 is 5.86. The third-order valence-electron chi connectivity index (χ3n) is 6.50. The molecule has 0 spiro atoms. The van der Waals surface area contributed by atoms with E-state index < -0.39 is 40.8 Å². The van der Waals surface area contributed by atoms with E-state index in [1.165, 1.54) is 36.4 Å². The number of benzene rings is 2. The summed E-state index contributed by atoms with van der Waals surface area (Å²) in [6.45, 7) is 6.25. The maximum atomic E-state index is 14.6. The third kappa shape index (κ3) is 6.58. The monoisotopic (exact) mass is 527 g/mol. The van der Waals surface area contributed by atoms with Gasteiger partial charge in [0.15, 0.2) is 0 Å². The summed E-state index contributed by atoms with van der Waals surface area (Å²) in [5.41, 5.74) is -0.971. The van der Waals surface area contributed by atoms with Crippen molar-refractivity contribution in [3.63, 3.8) is 0 Å². The zero-order valence-electron chi connectivity index (χ0n) is 20.6. The summed E-state index contributed by atoms with van der Waals surface area (Å²) < 4.78 is 61.1. The molecular weight excluding hydrogens is 498 g/mol. The lowest BCUT2D eigenvalue weighted by Gasteiger charge is -2.41. The number of hydrogen-bond acceptors (Lipinski definition) is 3. The molecular formula is C27H30ClF4NO3. The Kier molecular flexibility index (Phi) is 8.08. The maximum Gasteiger partial charge on any atom is 0.392 e. The first-order chi connectivity index (χ1) is 16.6. The summed E-state index contributed by atoms with van der Waals surface area (Å²) in [6, 6.07) is 9.51. The quantitative estimate of drug-likeness (QED) is 0.300. The summed E-state index contributed by atoms with van der Waals surface area (Å²) in [7, 11) is 0. The van der Waals surface area contributed by atoms with Crippen LogP contribution in [0.2, 0.25) is 5.02 Å². The van der Waals surface area contributed by atoms with Crippen molar-refractivity contribution in [1.29, 1.82) is 0 Å². The molecule has 2 atom stereocenters. The van der Waals surface area contributed by atoms with Gasteiger partial charge in [-0.15, -0.1) is 0 Å². The van der Waals surface area contributed by atoms with Crippen LogP contribution in [-0.4, -0.2) is 23.7 Å². The van der Waals surface area contributed by atoms with E-state index >= 15 is 0 Å². The highest BCUT2D eigenvalue weighted by atomic mass is 35.5. The lowest BCUT2D eigenvalue weighted by atomic mass is 9.65. The molecule has 3 rings (SSSR count). The molecule has 1 amide bonds. The van der Waals surface area contributed by atoms with E-state index in [1.54, 1.807) is 20.8 Å². The van der Waals surface area contributed by atoms with Gasteiger partial charge in [0.2, 0.25) is 5.91 Å². The molecule has 36 heavy (non-hydrogen) atoms. The fourth-order valence-corrected chi connectivity index (χ4v) is 4.47. The topological polar surface area (TPSA) is 55.4 Å². The van der Waals surface area contributed by atoms with Crippen LogP contribution < -0.4 is 5.32 Å². The zero-order chi connectivity index (χ0) is 26.9. The van der Waals surface area contributed by atoms with Gasteiger partial charge in [-0.25, -0.2) is 4.39 Å². The van der Waals surface area contributed by atoms with E-state index in [0.717, 1.165) is 19.4 Å². The van der Waals surface area contributed by atoms with E-state index in [2.05, 4.69) is 5.32 Å². The number of ether oxygens (including phenoxy) is 1. The molecule has 0 aromatic heterocycles. The van der Waals surface area contributed by atoms with Crippen molar-refractivity contribution in [1.82, 2.24) is 0 Å². The van der Waals surface area contributed by atoms with Crippen molar-refractivity contribution in [2.24, 2.45) is 11.3 Å². The Labute approximate surface area is 213 Å². The Balaban J connectivity index is 1.86. The number of esters is 1. The molecule has 9 heteroatoms. The molecule has 0 aliphatic heterocycles. The molecule has 196 valence electrons. The molecule has 1 N–H and O–H groups in total.